The topological polar surface area (TPSA) is 98.0 Å². The fourth-order valence-corrected chi connectivity index (χ4v) is 8.77. The number of carboxylic acid groups (broad SMARTS) is 1. The van der Waals surface area contributed by atoms with Crippen molar-refractivity contribution in [3.8, 4) is 0 Å². The molecular formula is C24H40O5. The Morgan fingerprint density at radius 3 is 2.28 bits per heavy atom. The number of aliphatic hydroxyl groups excluding tert-OH is 3. The first-order valence-corrected chi connectivity index (χ1v) is 11.9. The van der Waals surface area contributed by atoms with E-state index in [1.54, 1.807) is 0 Å². The quantitative estimate of drug-likeness (QED) is 0.571. The van der Waals surface area contributed by atoms with Gasteiger partial charge in [0.15, 0.2) is 0 Å². The molecular weight excluding hydrogens is 368 g/mol. The Morgan fingerprint density at radius 2 is 1.59 bits per heavy atom. The molecule has 0 amide bonds. The van der Waals surface area contributed by atoms with Gasteiger partial charge in [-0.15, -0.1) is 0 Å². The predicted molar refractivity (Wildman–Crippen MR) is 110 cm³/mol. The van der Waals surface area contributed by atoms with Gasteiger partial charge in [0.2, 0.25) is 0 Å². The molecule has 0 saturated heterocycles. The van der Waals surface area contributed by atoms with Crippen molar-refractivity contribution in [2.45, 2.75) is 96.9 Å². The lowest BCUT2D eigenvalue weighted by Crippen LogP contribution is -2.64. The maximum atomic E-state index is 11.3. The highest BCUT2D eigenvalue weighted by atomic mass is 16.4. The molecule has 0 aliphatic heterocycles. The molecule has 0 bridgehead atoms. The first-order valence-electron chi connectivity index (χ1n) is 11.9. The third-order valence-corrected chi connectivity index (χ3v) is 10.3. The normalized spacial score (nSPS) is 52.9. The Balaban J connectivity index is 1.59. The second-order valence-corrected chi connectivity index (χ2v) is 11.5. The second kappa shape index (κ2) is 7.49. The Morgan fingerprint density at radius 1 is 0.931 bits per heavy atom. The first-order chi connectivity index (χ1) is 13.6. The predicted octanol–water partition coefficient (Wildman–Crippen LogP) is 3.45. The van der Waals surface area contributed by atoms with Crippen LogP contribution in [-0.4, -0.2) is 44.7 Å². The van der Waals surface area contributed by atoms with Gasteiger partial charge in [0.05, 0.1) is 18.3 Å². The maximum absolute atomic E-state index is 11.3. The van der Waals surface area contributed by atoms with Crippen LogP contribution in [0, 0.1) is 46.3 Å². The number of hydrogen-bond donors (Lipinski definition) is 4. The van der Waals surface area contributed by atoms with E-state index in [1.807, 2.05) is 0 Å². The van der Waals surface area contributed by atoms with Crippen molar-refractivity contribution in [3.05, 3.63) is 0 Å². The van der Waals surface area contributed by atoms with Crippen LogP contribution >= 0.6 is 0 Å². The molecule has 5 unspecified atom stereocenters. The lowest BCUT2D eigenvalue weighted by molar-refractivity contribution is -0.223. The summed E-state index contributed by atoms with van der Waals surface area (Å²) in [5.74, 6) is 1.06. The number of carboxylic acids is 1. The first kappa shape index (κ1) is 21.6. The van der Waals surface area contributed by atoms with E-state index in [9.17, 15) is 20.1 Å². The number of fused-ring (bicyclic) bond motifs is 5. The molecule has 5 nitrogen and oxygen atoms in total. The highest BCUT2D eigenvalue weighted by molar-refractivity contribution is 5.66. The van der Waals surface area contributed by atoms with Gasteiger partial charge in [-0.3, -0.25) is 4.79 Å². The summed E-state index contributed by atoms with van der Waals surface area (Å²) in [4.78, 5) is 11.1. The van der Waals surface area contributed by atoms with Crippen molar-refractivity contribution in [2.24, 2.45) is 46.3 Å². The molecule has 0 heterocycles. The van der Waals surface area contributed by atoms with Crippen molar-refractivity contribution in [1.29, 1.82) is 0 Å². The average molecular weight is 409 g/mol. The van der Waals surface area contributed by atoms with Crippen molar-refractivity contribution >= 4 is 5.97 Å². The molecule has 0 radical (unpaired) electrons. The summed E-state index contributed by atoms with van der Waals surface area (Å²) in [6.07, 6.45) is 5.87. The van der Waals surface area contributed by atoms with Gasteiger partial charge in [-0.1, -0.05) is 20.8 Å². The third kappa shape index (κ3) is 3.27. The summed E-state index contributed by atoms with van der Waals surface area (Å²) in [5.41, 5.74) is 0.119. The second-order valence-electron chi connectivity index (χ2n) is 11.5. The van der Waals surface area contributed by atoms with E-state index in [2.05, 4.69) is 20.8 Å². The highest BCUT2D eigenvalue weighted by Gasteiger charge is 2.65. The third-order valence-electron chi connectivity index (χ3n) is 10.3. The van der Waals surface area contributed by atoms with Gasteiger partial charge in [0.1, 0.15) is 0 Å². The van der Waals surface area contributed by atoms with Crippen LogP contribution in [0.2, 0.25) is 0 Å². The van der Waals surface area contributed by atoms with Crippen LogP contribution in [0.15, 0.2) is 0 Å². The summed E-state index contributed by atoms with van der Waals surface area (Å²) in [6, 6.07) is 0. The van der Waals surface area contributed by atoms with Gasteiger partial charge in [0.25, 0.3) is 0 Å². The molecule has 4 rings (SSSR count). The molecule has 29 heavy (non-hydrogen) atoms. The van der Waals surface area contributed by atoms with E-state index in [0.29, 0.717) is 30.1 Å². The van der Waals surface area contributed by atoms with E-state index < -0.39 is 18.2 Å². The molecule has 0 spiro atoms. The summed E-state index contributed by atoms with van der Waals surface area (Å²) in [7, 11) is 0. The van der Waals surface area contributed by atoms with Crippen molar-refractivity contribution < 1.29 is 25.2 Å². The summed E-state index contributed by atoms with van der Waals surface area (Å²) < 4.78 is 0. The zero-order valence-corrected chi connectivity index (χ0v) is 18.3. The Kier molecular flexibility index (Phi) is 5.57. The minimum Gasteiger partial charge on any atom is -0.481 e. The fourth-order valence-electron chi connectivity index (χ4n) is 8.77. The molecule has 11 atom stereocenters. The average Bonchev–Trinajstić information content (AvgIpc) is 3.02. The number of carbonyl (C=O) groups is 1. The van der Waals surface area contributed by atoms with E-state index in [4.69, 9.17) is 5.11 Å². The summed E-state index contributed by atoms with van der Waals surface area (Å²) in [6.45, 7) is 6.89. The lowest BCUT2D eigenvalue weighted by Gasteiger charge is -2.63. The van der Waals surface area contributed by atoms with Gasteiger partial charge in [-0.2, -0.15) is 0 Å². The van der Waals surface area contributed by atoms with Crippen LogP contribution in [0.3, 0.4) is 0 Å². The SMILES string of the molecule is C[C@H](CCC(=O)O)[C@H]1CCC2C3C(O)[C@H](O)C4C[C@H](O)CC[C@]4(C)C3CC[C@@]21C. The molecule has 0 aromatic carbocycles. The minimum absolute atomic E-state index is 0.00309. The largest absolute Gasteiger partial charge is 0.481 e. The van der Waals surface area contributed by atoms with Crippen LogP contribution in [-0.2, 0) is 4.79 Å². The van der Waals surface area contributed by atoms with Gasteiger partial charge >= 0.3 is 5.97 Å². The molecule has 0 aromatic rings. The van der Waals surface area contributed by atoms with Crippen molar-refractivity contribution in [1.82, 2.24) is 0 Å². The zero-order chi connectivity index (χ0) is 21.1. The van der Waals surface area contributed by atoms with E-state index in [0.717, 1.165) is 44.9 Å². The van der Waals surface area contributed by atoms with Crippen LogP contribution < -0.4 is 0 Å². The Labute approximate surface area is 174 Å². The smallest absolute Gasteiger partial charge is 0.303 e. The Bertz CT molecular complexity index is 637. The van der Waals surface area contributed by atoms with E-state index in [-0.39, 0.29) is 35.2 Å². The van der Waals surface area contributed by atoms with Gasteiger partial charge in [0, 0.05) is 6.42 Å². The molecule has 166 valence electrons. The van der Waals surface area contributed by atoms with E-state index >= 15 is 0 Å². The lowest BCUT2D eigenvalue weighted by atomic mass is 9.43. The fraction of sp³-hybridized carbons (Fsp3) is 0.958. The van der Waals surface area contributed by atoms with E-state index in [1.165, 1.54) is 0 Å². The summed E-state index contributed by atoms with van der Waals surface area (Å²) in [5, 5.41) is 41.7. The number of hydrogen-bond acceptors (Lipinski definition) is 4. The molecule has 4 N–H and O–H groups in total. The van der Waals surface area contributed by atoms with Crippen molar-refractivity contribution in [2.75, 3.05) is 0 Å². The molecule has 4 aliphatic rings. The number of aliphatic carboxylic acids is 1. The van der Waals surface area contributed by atoms with Crippen molar-refractivity contribution in [3.63, 3.8) is 0 Å². The standard InChI is InChI=1S/C24H40O5/c1-13(4-7-19(26)27)15-5-6-16-20-17(9-11-23(15,16)2)24(3)10-8-14(25)12-18(24)21(28)22(20)29/h13-18,20-22,25,28-29H,4-12H2,1-3H3,(H,26,27)/t13-,14-,15-,16?,17?,18?,20?,21-,22?,23-,24-/m1/s1. The molecule has 4 fully saturated rings. The minimum atomic E-state index is -0.748. The molecule has 5 heteroatoms. The van der Waals surface area contributed by atoms with Gasteiger partial charge < -0.3 is 20.4 Å². The molecule has 0 aromatic heterocycles. The molecule has 4 aliphatic carbocycles. The van der Waals surface area contributed by atoms with Crippen LogP contribution in [0.4, 0.5) is 0 Å². The summed E-state index contributed by atoms with van der Waals surface area (Å²) >= 11 is 0. The number of rotatable bonds is 4. The Hall–Kier alpha value is -0.650. The van der Waals surface area contributed by atoms with Crippen LogP contribution in [0.25, 0.3) is 0 Å². The van der Waals surface area contributed by atoms with Gasteiger partial charge in [-0.05, 0) is 97.7 Å². The zero-order valence-electron chi connectivity index (χ0n) is 18.3. The maximum Gasteiger partial charge on any atom is 0.303 e. The van der Waals surface area contributed by atoms with Crippen LogP contribution in [0.5, 0.6) is 0 Å². The van der Waals surface area contributed by atoms with Crippen LogP contribution in [0.1, 0.15) is 78.6 Å². The molecule has 4 saturated carbocycles. The number of aliphatic hydroxyl groups is 3. The monoisotopic (exact) mass is 408 g/mol. The highest BCUT2D eigenvalue weighted by Crippen LogP contribution is 2.68. The van der Waals surface area contributed by atoms with Gasteiger partial charge in [-0.25, -0.2) is 0 Å².